The number of nitrogens with zero attached hydrogens (tertiary/aromatic N) is 2. The highest BCUT2D eigenvalue weighted by molar-refractivity contribution is 5.39. The van der Waals surface area contributed by atoms with E-state index in [-0.39, 0.29) is 0 Å². The molecule has 0 radical (unpaired) electrons. The van der Waals surface area contributed by atoms with E-state index in [1.54, 1.807) is 7.11 Å². The van der Waals surface area contributed by atoms with Crippen molar-refractivity contribution in [3.05, 3.63) is 23.9 Å². The zero-order valence-corrected chi connectivity index (χ0v) is 12.1. The van der Waals surface area contributed by atoms with Gasteiger partial charge in [-0.3, -0.25) is 0 Å². The SMILES string of the molecule is CCCNCc1ccc(N2CCC(OC)CC2)nc1. The summed E-state index contributed by atoms with van der Waals surface area (Å²) in [6, 6.07) is 4.31. The molecule has 106 valence electrons. The highest BCUT2D eigenvalue weighted by Crippen LogP contribution is 2.19. The van der Waals surface area contributed by atoms with Crippen molar-refractivity contribution < 1.29 is 4.74 Å². The maximum absolute atomic E-state index is 5.39. The van der Waals surface area contributed by atoms with Crippen LogP contribution in [0.4, 0.5) is 5.82 Å². The quantitative estimate of drug-likeness (QED) is 0.798. The lowest BCUT2D eigenvalue weighted by Gasteiger charge is -2.32. The number of hydrogen-bond acceptors (Lipinski definition) is 4. The second-order valence-electron chi connectivity index (χ2n) is 5.12. The van der Waals surface area contributed by atoms with E-state index in [4.69, 9.17) is 4.74 Å². The molecule has 2 heterocycles. The zero-order valence-electron chi connectivity index (χ0n) is 12.1. The van der Waals surface area contributed by atoms with Gasteiger partial charge in [-0.15, -0.1) is 0 Å². The summed E-state index contributed by atoms with van der Waals surface area (Å²) in [7, 11) is 1.80. The van der Waals surface area contributed by atoms with Crippen LogP contribution in [0.5, 0.6) is 0 Å². The van der Waals surface area contributed by atoms with Gasteiger partial charge in [-0.1, -0.05) is 13.0 Å². The second-order valence-corrected chi connectivity index (χ2v) is 5.12. The Kier molecular flexibility index (Phi) is 5.61. The number of nitrogens with one attached hydrogen (secondary N) is 1. The third-order valence-electron chi connectivity index (χ3n) is 3.66. The van der Waals surface area contributed by atoms with E-state index in [0.29, 0.717) is 6.10 Å². The molecule has 1 aromatic rings. The summed E-state index contributed by atoms with van der Waals surface area (Å²) in [6.07, 6.45) is 5.77. The lowest BCUT2D eigenvalue weighted by Crippen LogP contribution is -2.37. The van der Waals surface area contributed by atoms with Gasteiger partial charge in [-0.2, -0.15) is 0 Å². The lowest BCUT2D eigenvalue weighted by molar-refractivity contribution is 0.0818. The summed E-state index contributed by atoms with van der Waals surface area (Å²) in [4.78, 5) is 6.92. The van der Waals surface area contributed by atoms with Gasteiger partial charge in [0.2, 0.25) is 0 Å². The van der Waals surface area contributed by atoms with Gasteiger partial charge in [-0.25, -0.2) is 4.98 Å². The summed E-state index contributed by atoms with van der Waals surface area (Å²) >= 11 is 0. The molecule has 0 aliphatic carbocycles. The monoisotopic (exact) mass is 263 g/mol. The van der Waals surface area contributed by atoms with Gasteiger partial charge < -0.3 is 15.0 Å². The van der Waals surface area contributed by atoms with Gasteiger partial charge in [-0.05, 0) is 37.4 Å². The first-order valence-electron chi connectivity index (χ1n) is 7.27. The Balaban J connectivity index is 1.84. The molecular weight excluding hydrogens is 238 g/mol. The molecule has 1 aliphatic heterocycles. The van der Waals surface area contributed by atoms with Crippen LogP contribution in [0.1, 0.15) is 31.7 Å². The number of anilines is 1. The molecule has 1 fully saturated rings. The van der Waals surface area contributed by atoms with E-state index in [1.807, 2.05) is 6.20 Å². The standard InChI is InChI=1S/C15H25N3O/c1-3-8-16-11-13-4-5-15(17-12-13)18-9-6-14(19-2)7-10-18/h4-5,12,14,16H,3,6-11H2,1-2H3. The van der Waals surface area contributed by atoms with Gasteiger partial charge in [0.25, 0.3) is 0 Å². The Morgan fingerprint density at radius 2 is 2.16 bits per heavy atom. The van der Waals surface area contributed by atoms with E-state index in [2.05, 4.69) is 34.3 Å². The summed E-state index contributed by atoms with van der Waals surface area (Å²) in [5, 5.41) is 3.39. The normalized spacial score (nSPS) is 16.8. The summed E-state index contributed by atoms with van der Waals surface area (Å²) in [5.74, 6) is 1.09. The summed E-state index contributed by atoms with van der Waals surface area (Å²) < 4.78 is 5.39. The predicted octanol–water partition coefficient (Wildman–Crippen LogP) is 2.20. The van der Waals surface area contributed by atoms with Crippen molar-refractivity contribution >= 4 is 5.82 Å². The molecule has 4 nitrogen and oxygen atoms in total. The minimum atomic E-state index is 0.425. The van der Waals surface area contributed by atoms with Crippen LogP contribution in [-0.4, -0.2) is 37.8 Å². The molecule has 0 spiro atoms. The van der Waals surface area contributed by atoms with Crippen LogP contribution in [0, 0.1) is 0 Å². The van der Waals surface area contributed by atoms with Crippen LogP contribution in [0.25, 0.3) is 0 Å². The average molecular weight is 263 g/mol. The van der Waals surface area contributed by atoms with Crippen molar-refractivity contribution in [2.75, 3.05) is 31.6 Å². The third kappa shape index (κ3) is 4.18. The molecule has 0 bridgehead atoms. The van der Waals surface area contributed by atoms with Crippen LogP contribution >= 0.6 is 0 Å². The number of pyridine rings is 1. The van der Waals surface area contributed by atoms with E-state index < -0.39 is 0 Å². The van der Waals surface area contributed by atoms with Crippen molar-refractivity contribution in [3.63, 3.8) is 0 Å². The van der Waals surface area contributed by atoms with Gasteiger partial charge in [0.1, 0.15) is 5.82 Å². The fourth-order valence-electron chi connectivity index (χ4n) is 2.44. The number of ether oxygens (including phenoxy) is 1. The molecule has 1 saturated heterocycles. The maximum atomic E-state index is 5.39. The third-order valence-corrected chi connectivity index (χ3v) is 3.66. The molecular formula is C15H25N3O. The largest absolute Gasteiger partial charge is 0.381 e. The van der Waals surface area contributed by atoms with Crippen molar-refractivity contribution in [2.24, 2.45) is 0 Å². The molecule has 0 unspecified atom stereocenters. The van der Waals surface area contributed by atoms with Crippen LogP contribution in [0.15, 0.2) is 18.3 Å². The van der Waals surface area contributed by atoms with Crippen LogP contribution in [-0.2, 0) is 11.3 Å². The van der Waals surface area contributed by atoms with Gasteiger partial charge in [0, 0.05) is 32.9 Å². The Morgan fingerprint density at radius 1 is 1.37 bits per heavy atom. The number of piperidine rings is 1. The van der Waals surface area contributed by atoms with E-state index >= 15 is 0 Å². The van der Waals surface area contributed by atoms with E-state index in [9.17, 15) is 0 Å². The zero-order chi connectivity index (χ0) is 13.5. The van der Waals surface area contributed by atoms with Crippen molar-refractivity contribution in [2.45, 2.75) is 38.8 Å². The van der Waals surface area contributed by atoms with Gasteiger partial charge >= 0.3 is 0 Å². The minimum absolute atomic E-state index is 0.425. The van der Waals surface area contributed by atoms with Crippen LogP contribution < -0.4 is 10.2 Å². The Bertz CT molecular complexity index is 358. The second kappa shape index (κ2) is 7.46. The Morgan fingerprint density at radius 3 is 2.74 bits per heavy atom. The Hall–Kier alpha value is -1.13. The predicted molar refractivity (Wildman–Crippen MR) is 78.5 cm³/mol. The molecule has 1 N–H and O–H groups in total. The van der Waals surface area contributed by atoms with Crippen molar-refractivity contribution in [1.29, 1.82) is 0 Å². The molecule has 0 aromatic carbocycles. The molecule has 0 atom stereocenters. The highest BCUT2D eigenvalue weighted by Gasteiger charge is 2.19. The molecule has 0 saturated carbocycles. The van der Waals surface area contributed by atoms with Crippen LogP contribution in [0.2, 0.25) is 0 Å². The summed E-state index contributed by atoms with van der Waals surface area (Å²) in [5.41, 5.74) is 1.25. The van der Waals surface area contributed by atoms with Gasteiger partial charge in [0.15, 0.2) is 0 Å². The van der Waals surface area contributed by atoms with E-state index in [0.717, 1.165) is 44.8 Å². The first-order valence-corrected chi connectivity index (χ1v) is 7.27. The average Bonchev–Trinajstić information content (AvgIpc) is 2.48. The molecule has 4 heteroatoms. The van der Waals surface area contributed by atoms with Gasteiger partial charge in [0.05, 0.1) is 6.10 Å². The summed E-state index contributed by atoms with van der Waals surface area (Å²) in [6.45, 7) is 6.23. The van der Waals surface area contributed by atoms with Crippen molar-refractivity contribution in [3.8, 4) is 0 Å². The lowest BCUT2D eigenvalue weighted by atomic mass is 10.1. The first kappa shape index (κ1) is 14.3. The first-order chi connectivity index (χ1) is 9.33. The van der Waals surface area contributed by atoms with E-state index in [1.165, 1.54) is 12.0 Å². The minimum Gasteiger partial charge on any atom is -0.381 e. The molecule has 2 rings (SSSR count). The number of rotatable bonds is 6. The van der Waals surface area contributed by atoms with Crippen LogP contribution in [0.3, 0.4) is 0 Å². The maximum Gasteiger partial charge on any atom is 0.128 e. The Labute approximate surface area is 116 Å². The molecule has 1 aliphatic rings. The smallest absolute Gasteiger partial charge is 0.128 e. The number of hydrogen-bond donors (Lipinski definition) is 1. The fraction of sp³-hybridized carbons (Fsp3) is 0.667. The molecule has 0 amide bonds. The molecule has 19 heavy (non-hydrogen) atoms. The van der Waals surface area contributed by atoms with Crippen molar-refractivity contribution in [1.82, 2.24) is 10.3 Å². The topological polar surface area (TPSA) is 37.4 Å². The number of methoxy groups -OCH3 is 1. The number of aromatic nitrogens is 1. The fourth-order valence-corrected chi connectivity index (χ4v) is 2.44. The highest BCUT2D eigenvalue weighted by atomic mass is 16.5. The molecule has 1 aromatic heterocycles.